The third kappa shape index (κ3) is 3.51. The molecule has 0 aliphatic carbocycles. The van der Waals surface area contributed by atoms with Gasteiger partial charge in [-0.15, -0.1) is 10.2 Å². The third-order valence-corrected chi connectivity index (χ3v) is 4.71. The molecule has 0 fully saturated rings. The molecule has 148 valence electrons. The van der Waals surface area contributed by atoms with Gasteiger partial charge in [0.2, 0.25) is 0 Å². The molecule has 0 spiro atoms. The Kier molecular flexibility index (Phi) is 5.11. The van der Waals surface area contributed by atoms with E-state index in [1.54, 1.807) is 28.7 Å². The van der Waals surface area contributed by atoms with Crippen LogP contribution in [0.25, 0.3) is 16.8 Å². The number of nitrogens with zero attached hydrogens (tertiary/aromatic N) is 5. The minimum Gasteiger partial charge on any atom is -0.496 e. The van der Waals surface area contributed by atoms with Crippen LogP contribution in [0.2, 0.25) is 0 Å². The predicted molar refractivity (Wildman–Crippen MR) is 99.3 cm³/mol. The van der Waals surface area contributed by atoms with Crippen LogP contribution in [0.15, 0.2) is 49.2 Å². The number of pyridine rings is 1. The Hall–Kier alpha value is -3.49. The summed E-state index contributed by atoms with van der Waals surface area (Å²) in [5, 5.41) is 7.99. The number of hydrogen-bond donors (Lipinski definition) is 0. The monoisotopic (exact) mass is 399 g/mol. The lowest BCUT2D eigenvalue weighted by Crippen LogP contribution is -2.04. The first kappa shape index (κ1) is 18.9. The number of methoxy groups -OCH3 is 1. The van der Waals surface area contributed by atoms with Crippen LogP contribution >= 0.6 is 0 Å². The maximum absolute atomic E-state index is 14.2. The standard InChI is InChI=1S/C20H16F3N5O/c1-29-17-4-2-3-16(21)14(17)8-6-12-5-7-13(20-27-26-11-28(12)20)15-9-24-10-25-18(15)19(22)23/h2-5,7,9-11,19H,6,8H2,1H3. The van der Waals surface area contributed by atoms with Gasteiger partial charge in [-0.05, 0) is 37.1 Å². The summed E-state index contributed by atoms with van der Waals surface area (Å²) in [6.07, 6.45) is 2.03. The fourth-order valence-corrected chi connectivity index (χ4v) is 3.32. The van der Waals surface area contributed by atoms with Crippen molar-refractivity contribution in [3.05, 3.63) is 72.0 Å². The lowest BCUT2D eigenvalue weighted by atomic mass is 10.0. The zero-order valence-corrected chi connectivity index (χ0v) is 15.4. The van der Waals surface area contributed by atoms with E-state index in [1.165, 1.54) is 25.7 Å². The normalized spacial score (nSPS) is 11.3. The van der Waals surface area contributed by atoms with Gasteiger partial charge in [0.05, 0.1) is 7.11 Å². The fraction of sp³-hybridized carbons (Fsp3) is 0.200. The van der Waals surface area contributed by atoms with Crippen LogP contribution in [-0.4, -0.2) is 31.7 Å². The smallest absolute Gasteiger partial charge is 0.281 e. The van der Waals surface area contributed by atoms with Crippen molar-refractivity contribution in [2.75, 3.05) is 7.11 Å². The summed E-state index contributed by atoms with van der Waals surface area (Å²) < 4.78 is 47.9. The van der Waals surface area contributed by atoms with Gasteiger partial charge in [0.15, 0.2) is 5.65 Å². The second-order valence-corrected chi connectivity index (χ2v) is 6.31. The topological polar surface area (TPSA) is 65.2 Å². The molecule has 0 amide bonds. The molecule has 6 nitrogen and oxygen atoms in total. The van der Waals surface area contributed by atoms with Gasteiger partial charge < -0.3 is 4.74 Å². The lowest BCUT2D eigenvalue weighted by molar-refractivity contribution is 0.146. The van der Waals surface area contributed by atoms with Crippen molar-refractivity contribution in [1.82, 2.24) is 24.6 Å². The van der Waals surface area contributed by atoms with Gasteiger partial charge in [-0.1, -0.05) is 6.07 Å². The highest BCUT2D eigenvalue weighted by molar-refractivity contribution is 5.78. The predicted octanol–water partition coefficient (Wildman–Crippen LogP) is 4.06. The Morgan fingerprint density at radius 1 is 1.10 bits per heavy atom. The number of halogens is 3. The van der Waals surface area contributed by atoms with Crippen molar-refractivity contribution in [1.29, 1.82) is 0 Å². The van der Waals surface area contributed by atoms with E-state index in [9.17, 15) is 13.2 Å². The van der Waals surface area contributed by atoms with Gasteiger partial charge in [0.25, 0.3) is 6.43 Å². The molecule has 0 saturated carbocycles. The molecule has 0 atom stereocenters. The van der Waals surface area contributed by atoms with E-state index in [0.29, 0.717) is 35.4 Å². The van der Waals surface area contributed by atoms with Crippen molar-refractivity contribution >= 4 is 5.65 Å². The molecule has 3 heterocycles. The fourth-order valence-electron chi connectivity index (χ4n) is 3.32. The van der Waals surface area contributed by atoms with Gasteiger partial charge in [-0.3, -0.25) is 4.40 Å². The molecule has 1 aromatic carbocycles. The van der Waals surface area contributed by atoms with Crippen LogP contribution in [0.3, 0.4) is 0 Å². The van der Waals surface area contributed by atoms with Crippen LogP contribution in [0.5, 0.6) is 5.75 Å². The van der Waals surface area contributed by atoms with Crippen molar-refractivity contribution in [2.24, 2.45) is 0 Å². The number of fused-ring (bicyclic) bond motifs is 1. The summed E-state index contributed by atoms with van der Waals surface area (Å²) in [5.74, 6) is 0.133. The van der Waals surface area contributed by atoms with Crippen LogP contribution in [0, 0.1) is 5.82 Å². The highest BCUT2D eigenvalue weighted by atomic mass is 19.3. The summed E-state index contributed by atoms with van der Waals surface area (Å²) in [6, 6.07) is 8.14. The van der Waals surface area contributed by atoms with E-state index in [1.807, 2.05) is 0 Å². The largest absolute Gasteiger partial charge is 0.496 e. The molecule has 4 aromatic rings. The highest BCUT2D eigenvalue weighted by Crippen LogP contribution is 2.31. The lowest BCUT2D eigenvalue weighted by Gasteiger charge is -2.12. The third-order valence-electron chi connectivity index (χ3n) is 4.71. The number of aromatic nitrogens is 5. The zero-order valence-electron chi connectivity index (χ0n) is 15.4. The van der Waals surface area contributed by atoms with E-state index in [4.69, 9.17) is 4.74 Å². The summed E-state index contributed by atoms with van der Waals surface area (Å²) in [5.41, 5.74) is 1.95. The molecule has 29 heavy (non-hydrogen) atoms. The molecule has 0 bridgehead atoms. The molecule has 0 N–H and O–H groups in total. The quantitative estimate of drug-likeness (QED) is 0.489. The molecule has 0 saturated heterocycles. The molecular formula is C20H16F3N5O. The molecular weight excluding hydrogens is 383 g/mol. The molecule has 3 aromatic heterocycles. The number of benzene rings is 1. The first-order valence-electron chi connectivity index (χ1n) is 8.81. The zero-order chi connectivity index (χ0) is 20.4. The van der Waals surface area contributed by atoms with E-state index in [-0.39, 0.29) is 17.1 Å². The number of aryl methyl sites for hydroxylation is 1. The average Bonchev–Trinajstić information content (AvgIpc) is 3.22. The van der Waals surface area contributed by atoms with Crippen LogP contribution in [0.1, 0.15) is 23.4 Å². The van der Waals surface area contributed by atoms with Crippen LogP contribution in [0.4, 0.5) is 13.2 Å². The highest BCUT2D eigenvalue weighted by Gasteiger charge is 2.20. The Labute approximate surface area is 164 Å². The number of hydrogen-bond acceptors (Lipinski definition) is 5. The van der Waals surface area contributed by atoms with E-state index in [0.717, 1.165) is 12.0 Å². The SMILES string of the molecule is COc1cccc(F)c1CCc1ccc(-c2cncnc2C(F)F)c2nncn12. The molecule has 0 unspecified atom stereocenters. The van der Waals surface area contributed by atoms with Crippen molar-refractivity contribution in [3.63, 3.8) is 0 Å². The van der Waals surface area contributed by atoms with Gasteiger partial charge >= 0.3 is 0 Å². The average molecular weight is 399 g/mol. The van der Waals surface area contributed by atoms with E-state index >= 15 is 0 Å². The van der Waals surface area contributed by atoms with Crippen molar-refractivity contribution in [3.8, 4) is 16.9 Å². The van der Waals surface area contributed by atoms with Gasteiger partial charge in [0, 0.05) is 28.6 Å². The summed E-state index contributed by atoms with van der Waals surface area (Å²) in [4.78, 5) is 7.56. The molecule has 9 heteroatoms. The maximum Gasteiger partial charge on any atom is 0.281 e. The second-order valence-electron chi connectivity index (χ2n) is 6.31. The molecule has 0 radical (unpaired) electrons. The summed E-state index contributed by atoms with van der Waals surface area (Å²) in [6.45, 7) is 0. The number of rotatable bonds is 6. The second kappa shape index (κ2) is 7.86. The Morgan fingerprint density at radius 2 is 1.97 bits per heavy atom. The Balaban J connectivity index is 1.72. The van der Waals surface area contributed by atoms with Gasteiger partial charge in [-0.25, -0.2) is 23.1 Å². The van der Waals surface area contributed by atoms with Crippen LogP contribution < -0.4 is 4.74 Å². The summed E-state index contributed by atoms with van der Waals surface area (Å²) >= 11 is 0. The van der Waals surface area contributed by atoms with Crippen molar-refractivity contribution in [2.45, 2.75) is 19.3 Å². The van der Waals surface area contributed by atoms with Crippen LogP contribution in [-0.2, 0) is 12.8 Å². The molecule has 0 aliphatic heterocycles. The van der Waals surface area contributed by atoms with E-state index in [2.05, 4.69) is 20.2 Å². The minimum atomic E-state index is -2.75. The van der Waals surface area contributed by atoms with Gasteiger partial charge in [-0.2, -0.15) is 0 Å². The minimum absolute atomic E-state index is 0.197. The van der Waals surface area contributed by atoms with E-state index < -0.39 is 6.43 Å². The number of alkyl halides is 2. The Morgan fingerprint density at radius 3 is 2.76 bits per heavy atom. The molecule has 0 aliphatic rings. The molecule has 4 rings (SSSR count). The van der Waals surface area contributed by atoms with Crippen molar-refractivity contribution < 1.29 is 17.9 Å². The Bertz CT molecular complexity index is 1160. The maximum atomic E-state index is 14.2. The van der Waals surface area contributed by atoms with Gasteiger partial charge in [0.1, 0.15) is 29.9 Å². The first-order valence-corrected chi connectivity index (χ1v) is 8.81. The first-order chi connectivity index (χ1) is 14.1. The number of ether oxygens (including phenoxy) is 1. The summed E-state index contributed by atoms with van der Waals surface area (Å²) in [7, 11) is 1.49.